The van der Waals surface area contributed by atoms with E-state index in [0.717, 1.165) is 0 Å². The molecule has 1 heterocycles. The van der Waals surface area contributed by atoms with Crippen molar-refractivity contribution < 1.29 is 27.8 Å². The molecule has 1 aliphatic carbocycles. The van der Waals surface area contributed by atoms with E-state index in [4.69, 9.17) is 28.3 Å². The largest absolute Gasteiger partial charge is 0.395 e. The summed E-state index contributed by atoms with van der Waals surface area (Å²) in [7, 11) is -3.83. The zero-order valence-electron chi connectivity index (χ0n) is 16.3. The number of carbonyl (C=O) groups is 1. The van der Waals surface area contributed by atoms with Crippen LogP contribution in [0.5, 0.6) is 0 Å². The van der Waals surface area contributed by atoms with Gasteiger partial charge in [-0.2, -0.15) is 0 Å². The van der Waals surface area contributed by atoms with Gasteiger partial charge < -0.3 is 15.5 Å². The number of nitrogens with zero attached hydrogens (tertiary/aromatic N) is 1. The molecule has 2 unspecified atom stereocenters. The van der Waals surface area contributed by atoms with E-state index < -0.39 is 51.5 Å². The molecule has 168 valence electrons. The van der Waals surface area contributed by atoms with Crippen LogP contribution in [0.1, 0.15) is 29.7 Å². The summed E-state index contributed by atoms with van der Waals surface area (Å²) >= 11 is 11.9. The van der Waals surface area contributed by atoms with Crippen molar-refractivity contribution in [3.63, 3.8) is 0 Å². The smallest absolute Gasteiger partial charge is 0.262 e. The Hall–Kier alpha value is -1.78. The van der Waals surface area contributed by atoms with Crippen LogP contribution in [0.15, 0.2) is 36.5 Å². The number of nitrogens with one attached hydrogen (secondary N) is 1. The Morgan fingerprint density at radius 1 is 1.26 bits per heavy atom. The first-order chi connectivity index (χ1) is 14.5. The second kappa shape index (κ2) is 8.99. The molecule has 11 heteroatoms. The molecule has 1 amide bonds. The SMILES string of the molecule is O=C(NCc1ccc(Cl)cc1Cl)C1(F)CCC(O)(CS(=O)(=O)CCO)c2ncccc21. The van der Waals surface area contributed by atoms with E-state index in [1.54, 1.807) is 12.1 Å². The number of aliphatic hydroxyl groups excluding tert-OH is 1. The van der Waals surface area contributed by atoms with E-state index in [9.17, 15) is 18.3 Å². The minimum absolute atomic E-state index is 0.0503. The normalized spacial score (nSPS) is 23.3. The molecule has 7 nitrogen and oxygen atoms in total. The molecule has 0 radical (unpaired) electrons. The average molecular weight is 491 g/mol. The monoisotopic (exact) mass is 490 g/mol. The van der Waals surface area contributed by atoms with Gasteiger partial charge >= 0.3 is 0 Å². The van der Waals surface area contributed by atoms with Crippen molar-refractivity contribution in [1.29, 1.82) is 0 Å². The first-order valence-corrected chi connectivity index (χ1v) is 12.0. The first-order valence-electron chi connectivity index (χ1n) is 9.41. The van der Waals surface area contributed by atoms with Gasteiger partial charge in [0.25, 0.3) is 5.91 Å². The maximum Gasteiger partial charge on any atom is 0.262 e. The van der Waals surface area contributed by atoms with Gasteiger partial charge in [-0.15, -0.1) is 0 Å². The molecule has 0 saturated carbocycles. The van der Waals surface area contributed by atoms with E-state index in [1.807, 2.05) is 0 Å². The molecule has 1 aliphatic rings. The van der Waals surface area contributed by atoms with E-state index in [0.29, 0.717) is 15.6 Å². The summed E-state index contributed by atoms with van der Waals surface area (Å²) in [6, 6.07) is 7.41. The van der Waals surface area contributed by atoms with Gasteiger partial charge in [-0.3, -0.25) is 9.78 Å². The van der Waals surface area contributed by atoms with Gasteiger partial charge in [0.2, 0.25) is 5.67 Å². The van der Waals surface area contributed by atoms with Gasteiger partial charge in [-0.1, -0.05) is 35.3 Å². The quantitative estimate of drug-likeness (QED) is 0.547. The fraction of sp³-hybridized carbons (Fsp3) is 0.400. The van der Waals surface area contributed by atoms with Crippen LogP contribution in [-0.2, 0) is 32.4 Å². The summed E-state index contributed by atoms with van der Waals surface area (Å²) < 4.78 is 40.3. The zero-order chi connectivity index (χ0) is 22.9. The number of rotatable bonds is 7. The highest BCUT2D eigenvalue weighted by Crippen LogP contribution is 2.46. The molecule has 0 fully saturated rings. The van der Waals surface area contributed by atoms with Crippen LogP contribution in [0.4, 0.5) is 4.39 Å². The molecule has 3 rings (SSSR count). The van der Waals surface area contributed by atoms with Gasteiger partial charge in [-0.25, -0.2) is 12.8 Å². The molecular formula is C20H21Cl2FN2O5S. The van der Waals surface area contributed by atoms with E-state index in [2.05, 4.69) is 10.3 Å². The molecule has 0 spiro atoms. The number of carbonyl (C=O) groups excluding carboxylic acids is 1. The van der Waals surface area contributed by atoms with Gasteiger partial charge in [0.15, 0.2) is 9.84 Å². The van der Waals surface area contributed by atoms with Crippen molar-refractivity contribution in [1.82, 2.24) is 10.3 Å². The summed E-state index contributed by atoms with van der Waals surface area (Å²) in [6.45, 7) is -0.651. The molecular weight excluding hydrogens is 470 g/mol. The van der Waals surface area contributed by atoms with Crippen LogP contribution in [0.2, 0.25) is 10.0 Å². The number of benzene rings is 1. The topological polar surface area (TPSA) is 117 Å². The van der Waals surface area contributed by atoms with Crippen molar-refractivity contribution in [2.45, 2.75) is 30.7 Å². The molecule has 0 aliphatic heterocycles. The molecule has 1 aromatic carbocycles. The highest BCUT2D eigenvalue weighted by Gasteiger charge is 2.53. The number of halogens is 3. The van der Waals surface area contributed by atoms with Crippen LogP contribution in [0, 0.1) is 0 Å². The Balaban J connectivity index is 1.88. The summed E-state index contributed by atoms with van der Waals surface area (Å²) in [5, 5.41) is 23.2. The van der Waals surface area contributed by atoms with Crippen LogP contribution < -0.4 is 5.32 Å². The molecule has 31 heavy (non-hydrogen) atoms. The number of alkyl halides is 1. The van der Waals surface area contributed by atoms with Crippen molar-refractivity contribution in [3.05, 3.63) is 63.4 Å². The van der Waals surface area contributed by atoms with Crippen LogP contribution in [0.3, 0.4) is 0 Å². The van der Waals surface area contributed by atoms with Crippen molar-refractivity contribution >= 4 is 38.9 Å². The number of aromatic nitrogens is 1. The van der Waals surface area contributed by atoms with Crippen molar-refractivity contribution in [3.8, 4) is 0 Å². The fourth-order valence-corrected chi connectivity index (χ4v) is 5.57. The lowest BCUT2D eigenvalue weighted by Crippen LogP contribution is -2.50. The van der Waals surface area contributed by atoms with Crippen LogP contribution in [0.25, 0.3) is 0 Å². The number of hydrogen-bond acceptors (Lipinski definition) is 6. The third-order valence-corrected chi connectivity index (χ3v) is 7.54. The number of hydrogen-bond donors (Lipinski definition) is 3. The molecule has 0 saturated heterocycles. The third-order valence-electron chi connectivity index (χ3n) is 5.23. The lowest BCUT2D eigenvalue weighted by molar-refractivity contribution is -0.136. The Kier molecular flexibility index (Phi) is 6.93. The van der Waals surface area contributed by atoms with E-state index in [-0.39, 0.29) is 24.2 Å². The van der Waals surface area contributed by atoms with Gasteiger partial charge in [0.1, 0.15) is 5.60 Å². The van der Waals surface area contributed by atoms with Gasteiger partial charge in [0, 0.05) is 28.4 Å². The number of amides is 1. The van der Waals surface area contributed by atoms with Crippen molar-refractivity contribution in [2.24, 2.45) is 0 Å². The van der Waals surface area contributed by atoms with Crippen LogP contribution >= 0.6 is 23.2 Å². The fourth-order valence-electron chi connectivity index (χ4n) is 3.66. The maximum atomic E-state index is 15.9. The highest BCUT2D eigenvalue weighted by atomic mass is 35.5. The zero-order valence-corrected chi connectivity index (χ0v) is 18.6. The van der Waals surface area contributed by atoms with E-state index >= 15 is 4.39 Å². The number of fused-ring (bicyclic) bond motifs is 1. The predicted octanol–water partition coefficient (Wildman–Crippen LogP) is 2.26. The maximum absolute atomic E-state index is 15.9. The Bertz CT molecular complexity index is 1100. The minimum Gasteiger partial charge on any atom is -0.395 e. The van der Waals surface area contributed by atoms with Crippen molar-refractivity contribution in [2.75, 3.05) is 18.1 Å². The summed E-state index contributed by atoms with van der Waals surface area (Å²) in [5.74, 6) is -2.23. The average Bonchev–Trinajstić information content (AvgIpc) is 2.70. The number of pyridine rings is 1. The summed E-state index contributed by atoms with van der Waals surface area (Å²) in [6.07, 6.45) is 0.504. The molecule has 3 N–H and O–H groups in total. The predicted molar refractivity (Wildman–Crippen MR) is 114 cm³/mol. The third kappa shape index (κ3) is 5.01. The Morgan fingerprint density at radius 3 is 2.68 bits per heavy atom. The molecule has 1 aromatic heterocycles. The number of sulfone groups is 1. The lowest BCUT2D eigenvalue weighted by Gasteiger charge is -2.39. The first kappa shape index (κ1) is 23.9. The molecule has 0 bridgehead atoms. The minimum atomic E-state index is -3.83. The van der Waals surface area contributed by atoms with Gasteiger partial charge in [0.05, 0.1) is 23.8 Å². The van der Waals surface area contributed by atoms with Crippen LogP contribution in [-0.4, -0.2) is 47.6 Å². The number of aliphatic hydroxyl groups is 2. The summed E-state index contributed by atoms with van der Waals surface area (Å²) in [4.78, 5) is 16.8. The highest BCUT2D eigenvalue weighted by molar-refractivity contribution is 7.91. The molecule has 2 aromatic rings. The molecule has 2 atom stereocenters. The Labute approximate surface area is 189 Å². The lowest BCUT2D eigenvalue weighted by atomic mass is 9.75. The second-order valence-corrected chi connectivity index (χ2v) is 10.5. The standard InChI is InChI=1S/C20H21Cl2FN2O5S/c21-14-4-3-13(16(22)10-14)11-25-18(27)20(23)6-5-19(28,12-31(29,30)9-8-26)17-15(20)2-1-7-24-17/h1-4,7,10,26,28H,5-6,8-9,11-12H2,(H,25,27). The summed E-state index contributed by atoms with van der Waals surface area (Å²) in [5.41, 5.74) is -4.35. The second-order valence-electron chi connectivity index (χ2n) is 7.47. The van der Waals surface area contributed by atoms with Gasteiger partial charge in [-0.05, 0) is 36.6 Å². The van der Waals surface area contributed by atoms with E-state index in [1.165, 1.54) is 24.4 Å². The Morgan fingerprint density at radius 2 is 2.00 bits per heavy atom.